The summed E-state index contributed by atoms with van der Waals surface area (Å²) >= 11 is 0. The first-order valence-corrected chi connectivity index (χ1v) is 9.94. The van der Waals surface area contributed by atoms with Crippen LogP contribution in [0.15, 0.2) is 48.5 Å². The summed E-state index contributed by atoms with van der Waals surface area (Å²) in [5, 5.41) is 0. The minimum Gasteiger partial charge on any atom is -0.331 e. The lowest BCUT2D eigenvalue weighted by molar-refractivity contribution is -0.134. The number of nitrogens with two attached hydrogens (primary N) is 1. The summed E-state index contributed by atoms with van der Waals surface area (Å²) in [6, 6.07) is 14.8. The fourth-order valence-corrected chi connectivity index (χ4v) is 5.59. The number of carbonyl (C=O) groups is 1. The highest BCUT2D eigenvalue weighted by molar-refractivity contribution is 5.78. The maximum Gasteiger partial charge on any atom is 0.223 e. The van der Waals surface area contributed by atoms with Gasteiger partial charge in [-0.1, -0.05) is 36.4 Å². The Morgan fingerprint density at radius 2 is 1.85 bits per heavy atom. The summed E-state index contributed by atoms with van der Waals surface area (Å²) in [5.74, 6) is 1.01. The molecule has 2 atom stereocenters. The molecule has 2 aromatic rings. The average molecular weight is 364 g/mol. The van der Waals surface area contributed by atoms with Gasteiger partial charge < -0.3 is 10.6 Å². The van der Waals surface area contributed by atoms with Crippen molar-refractivity contribution in [3.8, 4) is 0 Å². The van der Waals surface area contributed by atoms with E-state index in [2.05, 4.69) is 12.1 Å². The van der Waals surface area contributed by atoms with Gasteiger partial charge >= 0.3 is 0 Å². The molecule has 0 aromatic heterocycles. The smallest absolute Gasteiger partial charge is 0.223 e. The third-order valence-electron chi connectivity index (χ3n) is 6.90. The number of amides is 1. The first-order chi connectivity index (χ1) is 13.0. The highest BCUT2D eigenvalue weighted by Crippen LogP contribution is 2.55. The van der Waals surface area contributed by atoms with E-state index in [0.717, 1.165) is 36.8 Å². The molecule has 27 heavy (non-hydrogen) atoms. The second kappa shape index (κ2) is 6.16. The lowest BCUT2D eigenvalue weighted by Gasteiger charge is -2.38. The monoisotopic (exact) mass is 364 g/mol. The van der Waals surface area contributed by atoms with E-state index in [1.165, 1.54) is 17.7 Å². The molecular weight excluding hydrogens is 339 g/mol. The van der Waals surface area contributed by atoms with Gasteiger partial charge in [0.05, 0.1) is 6.04 Å². The van der Waals surface area contributed by atoms with Gasteiger partial charge in [-0.25, -0.2) is 4.39 Å². The molecule has 0 saturated heterocycles. The summed E-state index contributed by atoms with van der Waals surface area (Å²) < 4.78 is 13.5. The van der Waals surface area contributed by atoms with Crippen LogP contribution in [0.2, 0.25) is 0 Å². The number of halogens is 1. The molecule has 4 heteroatoms. The fraction of sp³-hybridized carbons (Fsp3) is 0.435. The van der Waals surface area contributed by atoms with Crippen molar-refractivity contribution in [1.29, 1.82) is 0 Å². The molecule has 3 fully saturated rings. The van der Waals surface area contributed by atoms with Gasteiger partial charge in [0.15, 0.2) is 0 Å². The van der Waals surface area contributed by atoms with Crippen molar-refractivity contribution in [2.24, 2.45) is 17.6 Å². The van der Waals surface area contributed by atoms with Gasteiger partial charge in [-0.05, 0) is 66.3 Å². The highest BCUT2D eigenvalue weighted by atomic mass is 19.1. The van der Waals surface area contributed by atoms with E-state index in [0.29, 0.717) is 24.8 Å². The molecule has 6 rings (SSSR count). The lowest BCUT2D eigenvalue weighted by Crippen LogP contribution is -2.44. The van der Waals surface area contributed by atoms with E-state index < -0.39 is 0 Å². The molecule has 140 valence electrons. The van der Waals surface area contributed by atoms with Crippen molar-refractivity contribution in [1.82, 2.24) is 4.90 Å². The van der Waals surface area contributed by atoms with E-state index in [-0.39, 0.29) is 23.3 Å². The van der Waals surface area contributed by atoms with Crippen LogP contribution < -0.4 is 5.73 Å². The van der Waals surface area contributed by atoms with Gasteiger partial charge in [0, 0.05) is 18.5 Å². The van der Waals surface area contributed by atoms with Gasteiger partial charge in [0.1, 0.15) is 5.82 Å². The second-order valence-electron chi connectivity index (χ2n) is 8.69. The molecule has 3 saturated carbocycles. The summed E-state index contributed by atoms with van der Waals surface area (Å²) in [5.41, 5.74) is 9.74. The number of rotatable bonds is 3. The molecule has 2 aromatic carbocycles. The zero-order valence-electron chi connectivity index (χ0n) is 15.4. The number of fused-ring (bicyclic) bond motifs is 2. The minimum absolute atomic E-state index is 0.000466. The zero-order chi connectivity index (χ0) is 18.6. The van der Waals surface area contributed by atoms with Gasteiger partial charge in [-0.15, -0.1) is 0 Å². The third kappa shape index (κ3) is 2.87. The summed E-state index contributed by atoms with van der Waals surface area (Å²) in [6.07, 6.45) is 4.59. The van der Waals surface area contributed by atoms with Gasteiger partial charge in [-0.2, -0.15) is 0 Å². The van der Waals surface area contributed by atoms with E-state index in [1.807, 2.05) is 29.2 Å². The lowest BCUT2D eigenvalue weighted by atomic mass is 9.76. The quantitative estimate of drug-likeness (QED) is 0.900. The molecule has 0 radical (unpaired) electrons. The topological polar surface area (TPSA) is 46.3 Å². The first-order valence-electron chi connectivity index (χ1n) is 9.94. The summed E-state index contributed by atoms with van der Waals surface area (Å²) in [4.78, 5) is 15.3. The SMILES string of the molecule is NC12CC(CC(=O)N3CCc4ccccc4[C@@H]3c3ccc(F)cc3)C(C1)C2. The second-order valence-corrected chi connectivity index (χ2v) is 8.69. The molecule has 3 nitrogen and oxygen atoms in total. The Morgan fingerprint density at radius 3 is 2.56 bits per heavy atom. The van der Waals surface area contributed by atoms with E-state index in [4.69, 9.17) is 5.73 Å². The van der Waals surface area contributed by atoms with Crippen molar-refractivity contribution in [2.75, 3.05) is 6.54 Å². The largest absolute Gasteiger partial charge is 0.331 e. The number of benzene rings is 2. The molecule has 1 unspecified atom stereocenters. The van der Waals surface area contributed by atoms with Crippen LogP contribution in [0.3, 0.4) is 0 Å². The molecular formula is C23H25FN2O. The molecule has 1 heterocycles. The average Bonchev–Trinajstić information content (AvgIpc) is 3.13. The highest BCUT2D eigenvalue weighted by Gasteiger charge is 2.54. The first kappa shape index (κ1) is 16.9. The number of hydrogen-bond donors (Lipinski definition) is 1. The van der Waals surface area contributed by atoms with E-state index >= 15 is 0 Å². The standard InChI is InChI=1S/C23H25FN2O/c24-19-7-5-16(6-8-19)22-20-4-2-1-3-15(20)9-10-26(22)21(27)11-17-12-23(25)13-18(17)14-23/h1-8,17-18,22H,9-14,25H2/t17?,18?,22-,23?/m0/s1. The van der Waals surface area contributed by atoms with Crippen molar-refractivity contribution >= 4 is 5.91 Å². The van der Waals surface area contributed by atoms with Crippen LogP contribution in [-0.4, -0.2) is 22.9 Å². The molecule has 0 spiro atoms. The Labute approximate surface area is 159 Å². The molecule has 4 aliphatic rings. The normalized spacial score (nSPS) is 31.3. The van der Waals surface area contributed by atoms with Crippen molar-refractivity contribution in [2.45, 2.75) is 43.7 Å². The van der Waals surface area contributed by atoms with E-state index in [1.54, 1.807) is 0 Å². The number of hydrogen-bond acceptors (Lipinski definition) is 2. The molecule has 2 N–H and O–H groups in total. The number of carbonyl (C=O) groups excluding carboxylic acids is 1. The Bertz CT molecular complexity index is 872. The fourth-order valence-electron chi connectivity index (χ4n) is 5.59. The van der Waals surface area contributed by atoms with Crippen LogP contribution in [0.25, 0.3) is 0 Å². The predicted molar refractivity (Wildman–Crippen MR) is 102 cm³/mol. The van der Waals surface area contributed by atoms with Crippen LogP contribution in [0.1, 0.15) is 48.4 Å². The zero-order valence-corrected chi connectivity index (χ0v) is 15.4. The minimum atomic E-state index is -0.250. The molecule has 1 aliphatic heterocycles. The summed E-state index contributed by atoms with van der Waals surface area (Å²) in [7, 11) is 0. The Balaban J connectivity index is 1.45. The van der Waals surface area contributed by atoms with Gasteiger partial charge in [0.25, 0.3) is 0 Å². The van der Waals surface area contributed by atoms with Crippen molar-refractivity contribution < 1.29 is 9.18 Å². The summed E-state index contributed by atoms with van der Waals surface area (Å²) in [6.45, 7) is 0.711. The number of nitrogens with zero attached hydrogens (tertiary/aromatic N) is 1. The third-order valence-corrected chi connectivity index (χ3v) is 6.90. The molecule has 1 amide bonds. The molecule has 2 bridgehead atoms. The molecule has 3 aliphatic carbocycles. The van der Waals surface area contributed by atoms with Gasteiger partial charge in [0.2, 0.25) is 5.91 Å². The predicted octanol–water partition coefficient (Wildman–Crippen LogP) is 3.82. The van der Waals surface area contributed by atoms with E-state index in [9.17, 15) is 9.18 Å². The van der Waals surface area contributed by atoms with Crippen LogP contribution in [-0.2, 0) is 11.2 Å². The van der Waals surface area contributed by atoms with Crippen molar-refractivity contribution in [3.05, 3.63) is 71.0 Å². The van der Waals surface area contributed by atoms with Crippen LogP contribution in [0, 0.1) is 17.7 Å². The Kier molecular flexibility index (Phi) is 3.87. The van der Waals surface area contributed by atoms with Crippen molar-refractivity contribution in [3.63, 3.8) is 0 Å². The van der Waals surface area contributed by atoms with Gasteiger partial charge in [-0.3, -0.25) is 4.79 Å². The Hall–Kier alpha value is -2.20. The van der Waals surface area contributed by atoms with Crippen LogP contribution in [0.5, 0.6) is 0 Å². The van der Waals surface area contributed by atoms with Crippen LogP contribution >= 0.6 is 0 Å². The van der Waals surface area contributed by atoms with Crippen LogP contribution in [0.4, 0.5) is 4.39 Å². The maximum absolute atomic E-state index is 13.5. The maximum atomic E-state index is 13.5. The Morgan fingerprint density at radius 1 is 1.11 bits per heavy atom.